The fourth-order valence-electron chi connectivity index (χ4n) is 1.54. The van der Waals surface area contributed by atoms with Crippen LogP contribution in [-0.4, -0.2) is 36.7 Å². The summed E-state index contributed by atoms with van der Waals surface area (Å²) >= 11 is 7.39. The Labute approximate surface area is 116 Å². The highest BCUT2D eigenvalue weighted by Crippen LogP contribution is 2.28. The lowest BCUT2D eigenvalue weighted by Gasteiger charge is -2.19. The van der Waals surface area contributed by atoms with Crippen molar-refractivity contribution in [3.63, 3.8) is 0 Å². The Hall–Kier alpha value is -0.720. The Bertz CT molecular complexity index is 586. The molecule has 2 rings (SSSR count). The molecule has 4 nitrogen and oxygen atoms in total. The third-order valence-electron chi connectivity index (χ3n) is 2.53. The van der Waals surface area contributed by atoms with E-state index in [1.54, 1.807) is 18.2 Å². The highest BCUT2D eigenvalue weighted by molar-refractivity contribution is 8.15. The quantitative estimate of drug-likeness (QED) is 0.843. The molecule has 0 aliphatic carbocycles. The van der Waals surface area contributed by atoms with Gasteiger partial charge in [-0.2, -0.15) is 0 Å². The average Bonchev–Trinajstić information content (AvgIpc) is 2.75. The number of benzene rings is 1. The zero-order valence-electron chi connectivity index (χ0n) is 10.00. The smallest absolute Gasteiger partial charge is 0.261 e. The fourth-order valence-corrected chi connectivity index (χ4v) is 4.32. The maximum Gasteiger partial charge on any atom is 0.267 e. The molecule has 0 amide bonds. The maximum absolute atomic E-state index is 12.4. The Balaban J connectivity index is 2.35. The van der Waals surface area contributed by atoms with E-state index in [9.17, 15) is 8.42 Å². The van der Waals surface area contributed by atoms with Crippen LogP contribution in [0.5, 0.6) is 0 Å². The van der Waals surface area contributed by atoms with Crippen molar-refractivity contribution in [1.29, 1.82) is 0 Å². The van der Waals surface area contributed by atoms with Gasteiger partial charge < -0.3 is 0 Å². The minimum atomic E-state index is -3.63. The van der Waals surface area contributed by atoms with E-state index in [2.05, 4.69) is 4.99 Å². The molecule has 0 fully saturated rings. The number of rotatable bonds is 2. The summed E-state index contributed by atoms with van der Waals surface area (Å²) in [7, 11) is -2.12. The lowest BCUT2D eigenvalue weighted by Crippen LogP contribution is -2.31. The average molecular weight is 305 g/mol. The second-order valence-corrected chi connectivity index (χ2v) is 7.71. The van der Waals surface area contributed by atoms with Gasteiger partial charge in [0.1, 0.15) is 4.90 Å². The van der Waals surface area contributed by atoms with Gasteiger partial charge in [-0.25, -0.2) is 12.7 Å². The predicted molar refractivity (Wildman–Crippen MR) is 75.8 cm³/mol. The normalized spacial score (nSPS) is 19.7. The van der Waals surface area contributed by atoms with E-state index in [1.807, 2.05) is 6.92 Å². The number of nitrogens with zero attached hydrogens (tertiary/aromatic N) is 2. The number of hydrogen-bond donors (Lipinski definition) is 0. The van der Waals surface area contributed by atoms with Crippen LogP contribution in [0.2, 0.25) is 5.02 Å². The first kappa shape index (κ1) is 13.7. The summed E-state index contributed by atoms with van der Waals surface area (Å²) in [5.74, 6) is 0. The SMILES string of the molecule is CC1CN=C(N(C)S(=O)(=O)c2ccccc2Cl)S1. The maximum atomic E-state index is 12.4. The van der Waals surface area contributed by atoms with Crippen molar-refractivity contribution in [2.45, 2.75) is 17.1 Å². The summed E-state index contributed by atoms with van der Waals surface area (Å²) in [5.41, 5.74) is 0. The van der Waals surface area contributed by atoms with Gasteiger partial charge >= 0.3 is 0 Å². The number of hydrogen-bond acceptors (Lipinski definition) is 4. The van der Waals surface area contributed by atoms with Gasteiger partial charge in [-0.1, -0.05) is 42.4 Å². The molecule has 0 aromatic heterocycles. The van der Waals surface area contributed by atoms with E-state index >= 15 is 0 Å². The van der Waals surface area contributed by atoms with Crippen molar-refractivity contribution < 1.29 is 8.42 Å². The summed E-state index contributed by atoms with van der Waals surface area (Å²) in [5, 5.41) is 1.05. The minimum absolute atomic E-state index is 0.108. The van der Waals surface area contributed by atoms with Gasteiger partial charge in [0.25, 0.3) is 10.0 Å². The topological polar surface area (TPSA) is 49.7 Å². The Kier molecular flexibility index (Phi) is 3.89. The summed E-state index contributed by atoms with van der Waals surface area (Å²) < 4.78 is 26.0. The molecule has 0 N–H and O–H groups in total. The summed E-state index contributed by atoms with van der Waals surface area (Å²) in [6.45, 7) is 2.65. The highest BCUT2D eigenvalue weighted by atomic mass is 35.5. The molecule has 1 atom stereocenters. The largest absolute Gasteiger partial charge is 0.267 e. The molecule has 1 aromatic carbocycles. The van der Waals surface area contributed by atoms with Gasteiger partial charge in [-0.05, 0) is 12.1 Å². The molecule has 0 saturated heterocycles. The van der Waals surface area contributed by atoms with Crippen molar-refractivity contribution in [2.75, 3.05) is 13.6 Å². The van der Waals surface area contributed by atoms with Crippen molar-refractivity contribution in [3.8, 4) is 0 Å². The van der Waals surface area contributed by atoms with E-state index in [0.29, 0.717) is 17.0 Å². The number of sulfonamides is 1. The van der Waals surface area contributed by atoms with E-state index in [0.717, 1.165) is 0 Å². The molecule has 7 heteroatoms. The fraction of sp³-hybridized carbons (Fsp3) is 0.364. The van der Waals surface area contributed by atoms with Crippen LogP contribution in [0.3, 0.4) is 0 Å². The van der Waals surface area contributed by atoms with Crippen molar-refractivity contribution in [3.05, 3.63) is 29.3 Å². The summed E-state index contributed by atoms with van der Waals surface area (Å²) in [6, 6.07) is 6.41. The van der Waals surface area contributed by atoms with Gasteiger partial charge in [0.2, 0.25) is 0 Å². The van der Waals surface area contributed by atoms with Gasteiger partial charge in [0.15, 0.2) is 5.17 Å². The van der Waals surface area contributed by atoms with Crippen LogP contribution < -0.4 is 0 Å². The molecule has 1 aliphatic rings. The Morgan fingerprint density at radius 3 is 2.67 bits per heavy atom. The van der Waals surface area contributed by atoms with Gasteiger partial charge in [-0.3, -0.25) is 4.99 Å². The van der Waals surface area contributed by atoms with Crippen molar-refractivity contribution >= 4 is 38.6 Å². The molecule has 1 aromatic rings. The number of thioether (sulfide) groups is 1. The second-order valence-electron chi connectivity index (χ2n) is 3.95. The van der Waals surface area contributed by atoms with E-state index in [-0.39, 0.29) is 9.92 Å². The Morgan fingerprint density at radius 1 is 1.44 bits per heavy atom. The minimum Gasteiger partial charge on any atom is -0.261 e. The predicted octanol–water partition coefficient (Wildman–Crippen LogP) is 2.45. The van der Waals surface area contributed by atoms with E-state index in [4.69, 9.17) is 11.6 Å². The van der Waals surface area contributed by atoms with Crippen LogP contribution in [0.15, 0.2) is 34.2 Å². The lowest BCUT2D eigenvalue weighted by atomic mass is 10.4. The molecular weight excluding hydrogens is 292 g/mol. The third kappa shape index (κ3) is 2.50. The zero-order valence-corrected chi connectivity index (χ0v) is 12.4. The standard InChI is InChI=1S/C11H13ClN2O2S2/c1-8-7-13-11(17-8)14(2)18(15,16)10-6-4-3-5-9(10)12/h3-6,8H,7H2,1-2H3. The Morgan fingerprint density at radius 2 is 2.11 bits per heavy atom. The molecule has 1 heterocycles. The molecule has 0 saturated carbocycles. The first-order valence-corrected chi connectivity index (χ1v) is 8.07. The van der Waals surface area contributed by atoms with Gasteiger partial charge in [-0.15, -0.1) is 0 Å². The first-order chi connectivity index (χ1) is 8.43. The van der Waals surface area contributed by atoms with Crippen LogP contribution >= 0.6 is 23.4 Å². The monoisotopic (exact) mass is 304 g/mol. The molecule has 0 spiro atoms. The van der Waals surface area contributed by atoms with Gasteiger partial charge in [0.05, 0.1) is 11.6 Å². The number of amidine groups is 1. The highest BCUT2D eigenvalue weighted by Gasteiger charge is 2.29. The first-order valence-electron chi connectivity index (χ1n) is 5.37. The van der Waals surface area contributed by atoms with Crippen LogP contribution in [0.4, 0.5) is 0 Å². The molecule has 0 bridgehead atoms. The van der Waals surface area contributed by atoms with Crippen LogP contribution in [-0.2, 0) is 10.0 Å². The molecule has 18 heavy (non-hydrogen) atoms. The molecule has 98 valence electrons. The lowest BCUT2D eigenvalue weighted by molar-refractivity contribution is 0.554. The summed E-state index contributed by atoms with van der Waals surface area (Å²) in [4.78, 5) is 4.33. The van der Waals surface area contributed by atoms with E-state index < -0.39 is 10.0 Å². The van der Waals surface area contributed by atoms with Crippen LogP contribution in [0, 0.1) is 0 Å². The van der Waals surface area contributed by atoms with Crippen LogP contribution in [0.25, 0.3) is 0 Å². The number of halogens is 1. The zero-order chi connectivity index (χ0) is 13.3. The molecular formula is C11H13ClN2O2S2. The third-order valence-corrected chi connectivity index (χ3v) is 6.06. The molecule has 1 unspecified atom stereocenters. The van der Waals surface area contributed by atoms with Crippen molar-refractivity contribution in [2.24, 2.45) is 4.99 Å². The molecule has 0 radical (unpaired) electrons. The number of aliphatic imine (C=N–C) groups is 1. The summed E-state index contributed by atoms with van der Waals surface area (Å²) in [6.07, 6.45) is 0. The molecule has 1 aliphatic heterocycles. The van der Waals surface area contributed by atoms with Crippen LogP contribution in [0.1, 0.15) is 6.92 Å². The van der Waals surface area contributed by atoms with Crippen molar-refractivity contribution in [1.82, 2.24) is 4.31 Å². The second kappa shape index (κ2) is 5.11. The van der Waals surface area contributed by atoms with E-state index in [1.165, 1.54) is 29.2 Å². The van der Waals surface area contributed by atoms with Gasteiger partial charge in [0, 0.05) is 12.3 Å².